The Kier molecular flexibility index (Phi) is 7.99. The molecule has 9 heteroatoms. The highest BCUT2D eigenvalue weighted by Crippen LogP contribution is 2.22. The van der Waals surface area contributed by atoms with Gasteiger partial charge < -0.3 is 20.1 Å². The van der Waals surface area contributed by atoms with Crippen molar-refractivity contribution < 1.29 is 24.2 Å². The second-order valence-corrected chi connectivity index (χ2v) is 9.80. The van der Waals surface area contributed by atoms with Crippen molar-refractivity contribution in [2.75, 3.05) is 18.4 Å². The van der Waals surface area contributed by atoms with Gasteiger partial charge in [0.2, 0.25) is 0 Å². The van der Waals surface area contributed by atoms with E-state index in [1.165, 1.54) is 4.90 Å². The van der Waals surface area contributed by atoms with Crippen molar-refractivity contribution in [1.82, 2.24) is 10.2 Å². The lowest BCUT2D eigenvalue weighted by Crippen LogP contribution is -2.40. The molecule has 3 rings (SSSR count). The van der Waals surface area contributed by atoms with Gasteiger partial charge in [0, 0.05) is 12.2 Å². The standard InChI is InChI=1S/C24H29N3O5S/c1-24(2,3)32-23(31)27(15-19(28)17-7-5-4-6-8-17)14-13-16-9-11-18(12-10-16)25-21-20(29)26-22(30)33-21/h4-12,19,21,25,28H,13-15H2,1-3H3,(H,26,29,30)/t19-,21?/m1/s1. The van der Waals surface area contributed by atoms with Crippen molar-refractivity contribution in [1.29, 1.82) is 0 Å². The van der Waals surface area contributed by atoms with Crippen LogP contribution in [0.25, 0.3) is 0 Å². The number of carbonyl (C=O) groups is 3. The zero-order valence-corrected chi connectivity index (χ0v) is 19.7. The van der Waals surface area contributed by atoms with Crippen LogP contribution in [-0.4, -0.2) is 51.3 Å². The summed E-state index contributed by atoms with van der Waals surface area (Å²) in [5.74, 6) is -0.362. The highest BCUT2D eigenvalue weighted by molar-refractivity contribution is 8.15. The van der Waals surface area contributed by atoms with Crippen molar-refractivity contribution >= 4 is 34.7 Å². The number of rotatable bonds is 8. The molecular formula is C24H29N3O5S. The average molecular weight is 472 g/mol. The highest BCUT2D eigenvalue weighted by Gasteiger charge is 2.31. The maximum absolute atomic E-state index is 12.8. The summed E-state index contributed by atoms with van der Waals surface area (Å²) in [6.07, 6.45) is -0.758. The summed E-state index contributed by atoms with van der Waals surface area (Å²) in [6.45, 7) is 5.89. The van der Waals surface area contributed by atoms with Crippen LogP contribution in [0.5, 0.6) is 0 Å². The maximum atomic E-state index is 12.8. The van der Waals surface area contributed by atoms with E-state index in [2.05, 4.69) is 10.6 Å². The Morgan fingerprint density at radius 3 is 2.39 bits per heavy atom. The average Bonchev–Trinajstić information content (AvgIpc) is 3.07. The van der Waals surface area contributed by atoms with Crippen LogP contribution in [0.3, 0.4) is 0 Å². The van der Waals surface area contributed by atoms with E-state index in [-0.39, 0.29) is 17.7 Å². The number of nitrogens with one attached hydrogen (secondary N) is 2. The number of ether oxygens (including phenoxy) is 1. The van der Waals surface area contributed by atoms with E-state index in [4.69, 9.17) is 4.74 Å². The number of benzene rings is 2. The van der Waals surface area contributed by atoms with Gasteiger partial charge in [0.15, 0.2) is 5.37 Å². The van der Waals surface area contributed by atoms with Crippen LogP contribution in [0.4, 0.5) is 15.3 Å². The lowest BCUT2D eigenvalue weighted by atomic mass is 10.1. The topological polar surface area (TPSA) is 108 Å². The first-order chi connectivity index (χ1) is 15.6. The van der Waals surface area contributed by atoms with Crippen molar-refractivity contribution in [3.8, 4) is 0 Å². The molecule has 3 amide bonds. The first kappa shape index (κ1) is 24.6. The molecule has 176 valence electrons. The minimum atomic E-state index is -0.830. The molecule has 0 saturated carbocycles. The smallest absolute Gasteiger partial charge is 0.410 e. The molecule has 0 aromatic heterocycles. The zero-order valence-electron chi connectivity index (χ0n) is 18.9. The molecule has 3 N–H and O–H groups in total. The first-order valence-corrected chi connectivity index (χ1v) is 11.6. The molecule has 8 nitrogen and oxygen atoms in total. The number of thioether (sulfide) groups is 1. The Hall–Kier alpha value is -3.04. The molecule has 2 aromatic carbocycles. The van der Waals surface area contributed by atoms with Gasteiger partial charge in [-0.1, -0.05) is 42.5 Å². The van der Waals surface area contributed by atoms with E-state index < -0.39 is 23.2 Å². The van der Waals surface area contributed by atoms with Gasteiger partial charge in [-0.3, -0.25) is 14.9 Å². The van der Waals surface area contributed by atoms with Crippen molar-refractivity contribution in [2.45, 2.75) is 44.3 Å². The van der Waals surface area contributed by atoms with Gasteiger partial charge in [0.25, 0.3) is 11.1 Å². The quantitative estimate of drug-likeness (QED) is 0.535. The molecule has 0 spiro atoms. The predicted octanol–water partition coefficient (Wildman–Crippen LogP) is 3.92. The molecule has 2 atom stereocenters. The van der Waals surface area contributed by atoms with Crippen LogP contribution in [0.2, 0.25) is 0 Å². The summed E-state index contributed by atoms with van der Waals surface area (Å²) in [5, 5.41) is 14.9. The van der Waals surface area contributed by atoms with Crippen LogP contribution < -0.4 is 10.6 Å². The van der Waals surface area contributed by atoms with Crippen LogP contribution in [0.15, 0.2) is 54.6 Å². The van der Waals surface area contributed by atoms with E-state index in [1.54, 1.807) is 20.8 Å². The molecule has 1 heterocycles. The number of hydrogen-bond donors (Lipinski definition) is 3. The largest absolute Gasteiger partial charge is 0.444 e. The van der Waals surface area contributed by atoms with Crippen LogP contribution >= 0.6 is 11.8 Å². The number of hydrogen-bond acceptors (Lipinski definition) is 7. The molecule has 0 aliphatic carbocycles. The fourth-order valence-electron chi connectivity index (χ4n) is 3.21. The molecule has 0 radical (unpaired) electrons. The third-order valence-corrected chi connectivity index (χ3v) is 5.72. The van der Waals surface area contributed by atoms with E-state index >= 15 is 0 Å². The van der Waals surface area contributed by atoms with Gasteiger partial charge in [0.05, 0.1) is 12.6 Å². The Morgan fingerprint density at radius 2 is 1.82 bits per heavy atom. The zero-order chi connectivity index (χ0) is 24.0. The van der Waals surface area contributed by atoms with Gasteiger partial charge in [-0.2, -0.15) is 0 Å². The van der Waals surface area contributed by atoms with Gasteiger partial charge in [-0.05, 0) is 62.2 Å². The SMILES string of the molecule is CC(C)(C)OC(=O)N(CCc1ccc(NC2SC(=O)NC2=O)cc1)C[C@@H](O)c1ccccc1. The van der Waals surface area contributed by atoms with Crippen LogP contribution in [0.1, 0.15) is 38.0 Å². The molecule has 1 unspecified atom stereocenters. The molecule has 33 heavy (non-hydrogen) atoms. The third kappa shape index (κ3) is 7.50. The maximum Gasteiger partial charge on any atom is 0.410 e. The molecule has 1 aliphatic rings. The van der Waals surface area contributed by atoms with E-state index in [0.29, 0.717) is 18.7 Å². The van der Waals surface area contributed by atoms with E-state index in [9.17, 15) is 19.5 Å². The summed E-state index contributed by atoms with van der Waals surface area (Å²) in [6, 6.07) is 16.6. The number of amides is 3. The number of imide groups is 1. The minimum Gasteiger partial charge on any atom is -0.444 e. The van der Waals surface area contributed by atoms with Crippen molar-refractivity contribution in [3.63, 3.8) is 0 Å². The Balaban J connectivity index is 1.62. The predicted molar refractivity (Wildman–Crippen MR) is 128 cm³/mol. The monoisotopic (exact) mass is 471 g/mol. The highest BCUT2D eigenvalue weighted by atomic mass is 32.2. The Bertz CT molecular complexity index is 976. The minimum absolute atomic E-state index is 0.112. The van der Waals surface area contributed by atoms with Crippen LogP contribution in [-0.2, 0) is 16.0 Å². The summed E-state index contributed by atoms with van der Waals surface area (Å²) in [4.78, 5) is 37.3. The number of carbonyl (C=O) groups excluding carboxylic acids is 3. The molecule has 1 fully saturated rings. The summed E-state index contributed by atoms with van der Waals surface area (Å²) in [5.41, 5.74) is 1.77. The lowest BCUT2D eigenvalue weighted by Gasteiger charge is -2.29. The molecule has 0 bridgehead atoms. The molecular weight excluding hydrogens is 442 g/mol. The van der Waals surface area contributed by atoms with Crippen molar-refractivity contribution in [3.05, 3.63) is 65.7 Å². The number of aliphatic hydroxyl groups is 1. The lowest BCUT2D eigenvalue weighted by molar-refractivity contribution is -0.118. The van der Waals surface area contributed by atoms with E-state index in [0.717, 1.165) is 22.9 Å². The van der Waals surface area contributed by atoms with Gasteiger partial charge in [-0.15, -0.1) is 0 Å². The second-order valence-electron chi connectivity index (χ2n) is 8.72. The molecule has 1 saturated heterocycles. The van der Waals surface area contributed by atoms with Crippen molar-refractivity contribution in [2.24, 2.45) is 0 Å². The summed E-state index contributed by atoms with van der Waals surface area (Å²) < 4.78 is 5.54. The van der Waals surface area contributed by atoms with Gasteiger partial charge in [-0.25, -0.2) is 4.79 Å². The normalized spacial score (nSPS) is 16.8. The third-order valence-electron chi connectivity index (χ3n) is 4.84. The molecule has 2 aromatic rings. The second kappa shape index (κ2) is 10.7. The summed E-state index contributed by atoms with van der Waals surface area (Å²) in [7, 11) is 0. The Morgan fingerprint density at radius 1 is 1.15 bits per heavy atom. The number of anilines is 1. The summed E-state index contributed by atoms with van der Waals surface area (Å²) >= 11 is 0.906. The van der Waals surface area contributed by atoms with Gasteiger partial charge in [0.1, 0.15) is 5.60 Å². The fourth-order valence-corrected chi connectivity index (χ4v) is 3.94. The molecule has 1 aliphatic heterocycles. The van der Waals surface area contributed by atoms with Gasteiger partial charge >= 0.3 is 6.09 Å². The number of nitrogens with zero attached hydrogens (tertiary/aromatic N) is 1. The van der Waals surface area contributed by atoms with Crippen LogP contribution in [0, 0.1) is 0 Å². The first-order valence-electron chi connectivity index (χ1n) is 10.7. The Labute approximate surface area is 197 Å². The number of aliphatic hydroxyl groups excluding tert-OH is 1. The van der Waals surface area contributed by atoms with E-state index in [1.807, 2.05) is 54.6 Å². The fraction of sp³-hybridized carbons (Fsp3) is 0.375.